The zero-order chi connectivity index (χ0) is 10.9. The Morgan fingerprint density at radius 2 is 2.00 bits per heavy atom. The van der Waals surface area contributed by atoms with Gasteiger partial charge in [-0.15, -0.1) is 11.3 Å². The molecule has 0 saturated heterocycles. The summed E-state index contributed by atoms with van der Waals surface area (Å²) >= 11 is 1.76. The highest BCUT2D eigenvalue weighted by atomic mass is 32.1. The highest BCUT2D eigenvalue weighted by Crippen LogP contribution is 2.32. The van der Waals surface area contributed by atoms with Gasteiger partial charge in [0.25, 0.3) is 0 Å². The van der Waals surface area contributed by atoms with Crippen LogP contribution in [0.1, 0.15) is 56.1 Å². The van der Waals surface area contributed by atoms with Crippen LogP contribution >= 0.6 is 11.3 Å². The first kappa shape index (κ1) is 11.7. The number of nitrogens with two attached hydrogens (primary N) is 1. The van der Waals surface area contributed by atoms with Gasteiger partial charge in [-0.1, -0.05) is 20.8 Å². The van der Waals surface area contributed by atoms with Gasteiger partial charge in [-0.3, -0.25) is 0 Å². The van der Waals surface area contributed by atoms with Crippen molar-refractivity contribution in [3.8, 4) is 0 Å². The second-order valence-electron chi connectivity index (χ2n) is 4.55. The number of thiazole rings is 1. The highest BCUT2D eigenvalue weighted by Gasteiger charge is 2.24. The minimum Gasteiger partial charge on any atom is -0.321 e. The number of hydrogen-bond acceptors (Lipinski definition) is 3. The normalized spacial score (nSPS) is 12.5. The molecule has 0 radical (unpaired) electrons. The Kier molecular flexibility index (Phi) is 3.32. The Balaban J connectivity index is 3.19. The van der Waals surface area contributed by atoms with E-state index in [-0.39, 0.29) is 5.54 Å². The number of aryl methyl sites for hydroxylation is 1. The van der Waals surface area contributed by atoms with Crippen molar-refractivity contribution in [1.82, 2.24) is 4.98 Å². The fourth-order valence-corrected chi connectivity index (χ4v) is 2.56. The second kappa shape index (κ2) is 3.99. The molecule has 0 spiro atoms. The molecule has 0 fully saturated rings. The molecule has 80 valence electrons. The standard InChI is InChI=1S/C11H20N2S/c1-6-8-13-9(7(2)3)10(14-8)11(4,5)12/h7H,6,12H2,1-5H3. The van der Waals surface area contributed by atoms with Gasteiger partial charge in [0.1, 0.15) is 0 Å². The Bertz CT molecular complexity index is 308. The second-order valence-corrected chi connectivity index (χ2v) is 5.64. The first-order valence-corrected chi connectivity index (χ1v) is 5.96. The monoisotopic (exact) mass is 212 g/mol. The molecule has 2 nitrogen and oxygen atoms in total. The van der Waals surface area contributed by atoms with Crippen molar-refractivity contribution in [3.63, 3.8) is 0 Å². The lowest BCUT2D eigenvalue weighted by Crippen LogP contribution is -2.28. The zero-order valence-corrected chi connectivity index (χ0v) is 10.5. The smallest absolute Gasteiger partial charge is 0.0929 e. The Morgan fingerprint density at radius 1 is 1.43 bits per heavy atom. The quantitative estimate of drug-likeness (QED) is 0.836. The number of hydrogen-bond donors (Lipinski definition) is 1. The van der Waals surface area contributed by atoms with Gasteiger partial charge in [0.15, 0.2) is 0 Å². The molecule has 0 bridgehead atoms. The first-order valence-electron chi connectivity index (χ1n) is 5.15. The Hall–Kier alpha value is -0.410. The molecule has 0 atom stereocenters. The van der Waals surface area contributed by atoms with E-state index in [9.17, 15) is 0 Å². The van der Waals surface area contributed by atoms with Crippen LogP contribution in [0, 0.1) is 0 Å². The van der Waals surface area contributed by atoms with Gasteiger partial charge < -0.3 is 5.73 Å². The molecule has 0 aromatic carbocycles. The average Bonchev–Trinajstić information content (AvgIpc) is 2.46. The fourth-order valence-electron chi connectivity index (χ4n) is 1.38. The molecule has 0 aliphatic rings. The van der Waals surface area contributed by atoms with Crippen molar-refractivity contribution in [2.75, 3.05) is 0 Å². The average molecular weight is 212 g/mol. The predicted molar refractivity (Wildman–Crippen MR) is 62.8 cm³/mol. The van der Waals surface area contributed by atoms with Crippen LogP contribution < -0.4 is 5.73 Å². The number of aromatic nitrogens is 1. The van der Waals surface area contributed by atoms with Gasteiger partial charge in [0, 0.05) is 10.4 Å². The number of nitrogens with zero attached hydrogens (tertiary/aromatic N) is 1. The zero-order valence-electron chi connectivity index (χ0n) is 9.72. The third kappa shape index (κ3) is 2.34. The molecule has 0 aliphatic heterocycles. The van der Waals surface area contributed by atoms with Crippen molar-refractivity contribution < 1.29 is 0 Å². The Labute approximate surface area is 90.6 Å². The lowest BCUT2D eigenvalue weighted by Gasteiger charge is -2.19. The van der Waals surface area contributed by atoms with E-state index in [1.807, 2.05) is 13.8 Å². The molecular formula is C11H20N2S. The van der Waals surface area contributed by atoms with Crippen LogP contribution in [0.4, 0.5) is 0 Å². The van der Waals surface area contributed by atoms with Crippen molar-refractivity contribution in [3.05, 3.63) is 15.6 Å². The molecule has 0 amide bonds. The summed E-state index contributed by atoms with van der Waals surface area (Å²) in [5, 5.41) is 1.20. The van der Waals surface area contributed by atoms with Gasteiger partial charge in [0.2, 0.25) is 0 Å². The lowest BCUT2D eigenvalue weighted by molar-refractivity contribution is 0.553. The van der Waals surface area contributed by atoms with E-state index in [0.29, 0.717) is 5.92 Å². The van der Waals surface area contributed by atoms with Crippen molar-refractivity contribution in [1.29, 1.82) is 0 Å². The van der Waals surface area contributed by atoms with Crippen LogP contribution in [-0.2, 0) is 12.0 Å². The minimum absolute atomic E-state index is 0.259. The maximum atomic E-state index is 6.13. The van der Waals surface area contributed by atoms with Crippen LogP contribution in [0.25, 0.3) is 0 Å². The van der Waals surface area contributed by atoms with Crippen molar-refractivity contribution >= 4 is 11.3 Å². The van der Waals surface area contributed by atoms with Crippen LogP contribution in [0.3, 0.4) is 0 Å². The van der Waals surface area contributed by atoms with Gasteiger partial charge in [-0.25, -0.2) is 4.98 Å². The molecule has 14 heavy (non-hydrogen) atoms. The summed E-state index contributed by atoms with van der Waals surface area (Å²) < 4.78 is 0. The molecular weight excluding hydrogens is 192 g/mol. The summed E-state index contributed by atoms with van der Waals surface area (Å²) in [6, 6.07) is 0. The molecule has 1 aromatic heterocycles. The fraction of sp³-hybridized carbons (Fsp3) is 0.727. The summed E-state index contributed by atoms with van der Waals surface area (Å²) in [7, 11) is 0. The van der Waals surface area contributed by atoms with E-state index in [2.05, 4.69) is 25.8 Å². The van der Waals surface area contributed by atoms with Crippen molar-refractivity contribution in [2.45, 2.75) is 52.5 Å². The molecule has 0 unspecified atom stereocenters. The van der Waals surface area contributed by atoms with E-state index >= 15 is 0 Å². The van der Waals surface area contributed by atoms with Gasteiger partial charge in [-0.05, 0) is 26.2 Å². The van der Waals surface area contributed by atoms with Crippen LogP contribution in [0.2, 0.25) is 0 Å². The van der Waals surface area contributed by atoms with E-state index in [1.54, 1.807) is 11.3 Å². The molecule has 0 aliphatic carbocycles. The largest absolute Gasteiger partial charge is 0.321 e. The Morgan fingerprint density at radius 3 is 2.29 bits per heavy atom. The topological polar surface area (TPSA) is 38.9 Å². The lowest BCUT2D eigenvalue weighted by atomic mass is 9.98. The molecule has 0 saturated carbocycles. The molecule has 3 heteroatoms. The van der Waals surface area contributed by atoms with Crippen LogP contribution in [-0.4, -0.2) is 4.98 Å². The summed E-state index contributed by atoms with van der Waals surface area (Å²) in [6.07, 6.45) is 1.00. The summed E-state index contributed by atoms with van der Waals surface area (Å²) in [6.45, 7) is 10.6. The van der Waals surface area contributed by atoms with E-state index < -0.39 is 0 Å². The summed E-state index contributed by atoms with van der Waals surface area (Å²) in [5.74, 6) is 0.462. The summed E-state index contributed by atoms with van der Waals surface area (Å²) in [4.78, 5) is 5.87. The minimum atomic E-state index is -0.259. The predicted octanol–water partition coefficient (Wildman–Crippen LogP) is 3.02. The number of rotatable bonds is 3. The van der Waals surface area contributed by atoms with Crippen LogP contribution in [0.5, 0.6) is 0 Å². The first-order chi connectivity index (χ1) is 6.36. The molecule has 1 aromatic rings. The SMILES string of the molecule is CCc1nc(C(C)C)c(C(C)(C)N)s1. The molecule has 2 N–H and O–H groups in total. The van der Waals surface area contributed by atoms with Gasteiger partial charge in [0.05, 0.1) is 10.7 Å². The van der Waals surface area contributed by atoms with E-state index in [4.69, 9.17) is 5.73 Å². The maximum Gasteiger partial charge on any atom is 0.0929 e. The van der Waals surface area contributed by atoms with Gasteiger partial charge >= 0.3 is 0 Å². The summed E-state index contributed by atoms with van der Waals surface area (Å²) in [5.41, 5.74) is 7.05. The van der Waals surface area contributed by atoms with Crippen LogP contribution in [0.15, 0.2) is 0 Å². The van der Waals surface area contributed by atoms with Gasteiger partial charge in [-0.2, -0.15) is 0 Å². The third-order valence-electron chi connectivity index (χ3n) is 2.13. The third-order valence-corrected chi connectivity index (χ3v) is 3.69. The van der Waals surface area contributed by atoms with E-state index in [0.717, 1.165) is 6.42 Å². The maximum absolute atomic E-state index is 6.13. The molecule has 1 heterocycles. The van der Waals surface area contributed by atoms with Crippen molar-refractivity contribution in [2.24, 2.45) is 5.73 Å². The van der Waals surface area contributed by atoms with E-state index in [1.165, 1.54) is 15.6 Å². The highest BCUT2D eigenvalue weighted by molar-refractivity contribution is 7.11. The molecule has 1 rings (SSSR count).